The molecule has 4 nitrogen and oxygen atoms in total. The predicted molar refractivity (Wildman–Crippen MR) is 71.5 cm³/mol. The summed E-state index contributed by atoms with van der Waals surface area (Å²) in [6, 6.07) is 7.43. The number of rotatable bonds is 7. The van der Waals surface area contributed by atoms with Crippen LogP contribution in [0.2, 0.25) is 0 Å². The highest BCUT2D eigenvalue weighted by Crippen LogP contribution is 2.17. The van der Waals surface area contributed by atoms with E-state index in [9.17, 15) is 5.11 Å². The second-order valence-electron chi connectivity index (χ2n) is 4.74. The summed E-state index contributed by atoms with van der Waals surface area (Å²) >= 11 is 0. The number of aliphatic hydroxyl groups is 1. The van der Waals surface area contributed by atoms with Crippen LogP contribution >= 0.6 is 0 Å². The molecule has 2 atom stereocenters. The Morgan fingerprint density at radius 1 is 1.33 bits per heavy atom. The van der Waals surface area contributed by atoms with E-state index in [-0.39, 0.29) is 24.7 Å². The molecule has 0 fully saturated rings. The molecule has 0 saturated carbocycles. The molecule has 0 saturated heterocycles. The molecule has 1 rings (SSSR count). The van der Waals surface area contributed by atoms with Gasteiger partial charge in [0, 0.05) is 13.2 Å². The van der Waals surface area contributed by atoms with Crippen molar-refractivity contribution in [3.05, 3.63) is 29.8 Å². The summed E-state index contributed by atoms with van der Waals surface area (Å²) in [5, 5.41) is 9.35. The van der Waals surface area contributed by atoms with Crippen LogP contribution < -0.4 is 10.5 Å². The predicted octanol–water partition coefficient (Wildman–Crippen LogP) is 1.56. The van der Waals surface area contributed by atoms with Gasteiger partial charge in [0.25, 0.3) is 0 Å². The molecule has 0 amide bonds. The maximum Gasteiger partial charge on any atom is 0.137 e. The lowest BCUT2D eigenvalue weighted by Crippen LogP contribution is -2.45. The summed E-state index contributed by atoms with van der Waals surface area (Å²) in [5.41, 5.74) is 7.04. The van der Waals surface area contributed by atoms with Crippen LogP contribution in [0.3, 0.4) is 0 Å². The van der Waals surface area contributed by atoms with Crippen molar-refractivity contribution in [2.75, 3.05) is 13.7 Å². The zero-order chi connectivity index (χ0) is 13.5. The lowest BCUT2D eigenvalue weighted by molar-refractivity contribution is 0.0808. The monoisotopic (exact) mass is 253 g/mol. The van der Waals surface area contributed by atoms with Crippen LogP contribution in [0.1, 0.15) is 19.4 Å². The highest BCUT2D eigenvalue weighted by molar-refractivity contribution is 5.28. The SMILES string of the molecule is COCc1cccc(OC(CO)C(N)C(C)C)c1. The molecule has 0 aliphatic rings. The minimum Gasteiger partial charge on any atom is -0.486 e. The van der Waals surface area contributed by atoms with E-state index < -0.39 is 0 Å². The number of ether oxygens (including phenoxy) is 2. The summed E-state index contributed by atoms with van der Waals surface area (Å²) in [6.45, 7) is 4.47. The summed E-state index contributed by atoms with van der Waals surface area (Å²) in [5.74, 6) is 0.962. The number of aliphatic hydroxyl groups excluding tert-OH is 1. The second kappa shape index (κ2) is 7.36. The largest absolute Gasteiger partial charge is 0.486 e. The van der Waals surface area contributed by atoms with E-state index in [1.807, 2.05) is 38.1 Å². The molecule has 0 spiro atoms. The Morgan fingerprint density at radius 2 is 2.06 bits per heavy atom. The normalized spacial score (nSPS) is 14.6. The number of methoxy groups -OCH3 is 1. The number of benzene rings is 1. The van der Waals surface area contributed by atoms with Crippen molar-refractivity contribution in [2.45, 2.75) is 32.6 Å². The van der Waals surface area contributed by atoms with Crippen molar-refractivity contribution >= 4 is 0 Å². The first-order chi connectivity index (χ1) is 8.58. The first-order valence-electron chi connectivity index (χ1n) is 6.19. The third-order valence-corrected chi connectivity index (χ3v) is 2.88. The van der Waals surface area contributed by atoms with Gasteiger partial charge in [-0.1, -0.05) is 26.0 Å². The molecule has 0 aliphatic carbocycles. The Labute approximate surface area is 109 Å². The van der Waals surface area contributed by atoms with Crippen molar-refractivity contribution in [3.8, 4) is 5.75 Å². The van der Waals surface area contributed by atoms with Crippen molar-refractivity contribution in [1.82, 2.24) is 0 Å². The van der Waals surface area contributed by atoms with Crippen LogP contribution in [0.25, 0.3) is 0 Å². The molecule has 3 N–H and O–H groups in total. The summed E-state index contributed by atoms with van der Waals surface area (Å²) in [7, 11) is 1.65. The molecule has 2 unspecified atom stereocenters. The molecule has 18 heavy (non-hydrogen) atoms. The minimum absolute atomic E-state index is 0.0894. The van der Waals surface area contributed by atoms with E-state index in [0.29, 0.717) is 12.4 Å². The number of hydrogen-bond donors (Lipinski definition) is 2. The van der Waals surface area contributed by atoms with E-state index in [4.69, 9.17) is 15.2 Å². The fraction of sp³-hybridized carbons (Fsp3) is 0.571. The third-order valence-electron chi connectivity index (χ3n) is 2.88. The molecule has 4 heteroatoms. The molecular weight excluding hydrogens is 230 g/mol. The zero-order valence-corrected chi connectivity index (χ0v) is 11.3. The standard InChI is InChI=1S/C14H23NO3/c1-10(2)14(15)13(8-16)18-12-6-4-5-11(7-12)9-17-3/h4-7,10,13-14,16H,8-9,15H2,1-3H3. The van der Waals surface area contributed by atoms with Gasteiger partial charge in [-0.2, -0.15) is 0 Å². The molecular formula is C14H23NO3. The van der Waals surface area contributed by atoms with Gasteiger partial charge in [-0.15, -0.1) is 0 Å². The average molecular weight is 253 g/mol. The van der Waals surface area contributed by atoms with E-state index >= 15 is 0 Å². The van der Waals surface area contributed by atoms with Crippen LogP contribution in [0.4, 0.5) is 0 Å². The Morgan fingerprint density at radius 3 is 2.61 bits per heavy atom. The van der Waals surface area contributed by atoms with Crippen molar-refractivity contribution in [3.63, 3.8) is 0 Å². The van der Waals surface area contributed by atoms with Crippen LogP contribution in [0.15, 0.2) is 24.3 Å². The van der Waals surface area contributed by atoms with Crippen molar-refractivity contribution < 1.29 is 14.6 Å². The van der Waals surface area contributed by atoms with Crippen molar-refractivity contribution in [1.29, 1.82) is 0 Å². The Hall–Kier alpha value is -1.10. The van der Waals surface area contributed by atoms with Gasteiger partial charge in [0.1, 0.15) is 11.9 Å². The Balaban J connectivity index is 2.72. The molecule has 1 aromatic rings. The van der Waals surface area contributed by atoms with Gasteiger partial charge in [0.15, 0.2) is 0 Å². The van der Waals surface area contributed by atoms with E-state index in [0.717, 1.165) is 5.56 Å². The number of nitrogens with two attached hydrogens (primary N) is 1. The molecule has 0 aromatic heterocycles. The van der Waals surface area contributed by atoms with Crippen LogP contribution in [0, 0.1) is 5.92 Å². The van der Waals surface area contributed by atoms with Gasteiger partial charge in [-0.05, 0) is 23.6 Å². The smallest absolute Gasteiger partial charge is 0.137 e. The van der Waals surface area contributed by atoms with Gasteiger partial charge >= 0.3 is 0 Å². The third kappa shape index (κ3) is 4.29. The van der Waals surface area contributed by atoms with Gasteiger partial charge < -0.3 is 20.3 Å². The van der Waals surface area contributed by atoms with E-state index in [1.165, 1.54) is 0 Å². The summed E-state index contributed by atoms with van der Waals surface area (Å²) in [4.78, 5) is 0. The van der Waals surface area contributed by atoms with Gasteiger partial charge in [-0.3, -0.25) is 0 Å². The zero-order valence-electron chi connectivity index (χ0n) is 11.3. The maximum absolute atomic E-state index is 9.35. The highest BCUT2D eigenvalue weighted by Gasteiger charge is 2.21. The van der Waals surface area contributed by atoms with E-state index in [1.54, 1.807) is 7.11 Å². The van der Waals surface area contributed by atoms with Gasteiger partial charge in [0.05, 0.1) is 13.2 Å². The lowest BCUT2D eigenvalue weighted by atomic mass is 10.00. The molecule has 0 radical (unpaired) electrons. The second-order valence-corrected chi connectivity index (χ2v) is 4.74. The van der Waals surface area contributed by atoms with Crippen LogP contribution in [0.5, 0.6) is 5.75 Å². The van der Waals surface area contributed by atoms with E-state index in [2.05, 4.69) is 0 Å². The molecule has 0 aliphatic heterocycles. The van der Waals surface area contributed by atoms with Crippen LogP contribution in [-0.2, 0) is 11.3 Å². The highest BCUT2D eigenvalue weighted by atomic mass is 16.5. The van der Waals surface area contributed by atoms with Gasteiger partial charge in [0.2, 0.25) is 0 Å². The minimum atomic E-state index is -0.386. The summed E-state index contributed by atoms with van der Waals surface area (Å²) < 4.78 is 10.8. The quantitative estimate of drug-likeness (QED) is 0.774. The molecule has 0 bridgehead atoms. The molecule has 0 heterocycles. The number of hydrogen-bond acceptors (Lipinski definition) is 4. The lowest BCUT2D eigenvalue weighted by Gasteiger charge is -2.26. The van der Waals surface area contributed by atoms with Gasteiger partial charge in [-0.25, -0.2) is 0 Å². The molecule has 102 valence electrons. The fourth-order valence-corrected chi connectivity index (χ4v) is 1.72. The fourth-order valence-electron chi connectivity index (χ4n) is 1.72. The Kier molecular flexibility index (Phi) is 6.12. The van der Waals surface area contributed by atoms with Crippen LogP contribution in [-0.4, -0.2) is 31.0 Å². The first-order valence-corrected chi connectivity index (χ1v) is 6.19. The topological polar surface area (TPSA) is 64.7 Å². The maximum atomic E-state index is 9.35. The molecule has 1 aromatic carbocycles. The summed E-state index contributed by atoms with van der Waals surface area (Å²) in [6.07, 6.45) is -0.386. The average Bonchev–Trinajstić information content (AvgIpc) is 2.36. The van der Waals surface area contributed by atoms with Crippen molar-refractivity contribution in [2.24, 2.45) is 11.7 Å². The first kappa shape index (κ1) is 15.0. The Bertz CT molecular complexity index is 355.